The molecular formula is C22H24IN3O2. The molecule has 1 aliphatic rings. The van der Waals surface area contributed by atoms with E-state index < -0.39 is 5.60 Å². The summed E-state index contributed by atoms with van der Waals surface area (Å²) in [6.07, 6.45) is 1.58. The number of halogens is 1. The average molecular weight is 489 g/mol. The van der Waals surface area contributed by atoms with E-state index in [9.17, 15) is 4.79 Å². The monoisotopic (exact) mass is 489 g/mol. The molecule has 0 saturated carbocycles. The summed E-state index contributed by atoms with van der Waals surface area (Å²) in [4.78, 5) is 22.6. The van der Waals surface area contributed by atoms with Crippen molar-refractivity contribution in [3.8, 4) is 11.1 Å². The lowest BCUT2D eigenvalue weighted by atomic mass is 10.1. The van der Waals surface area contributed by atoms with Crippen molar-refractivity contribution in [2.75, 3.05) is 6.54 Å². The van der Waals surface area contributed by atoms with Gasteiger partial charge in [-0.2, -0.15) is 0 Å². The topological polar surface area (TPSA) is 58.2 Å². The summed E-state index contributed by atoms with van der Waals surface area (Å²) in [5.41, 5.74) is 3.73. The lowest BCUT2D eigenvalue weighted by Crippen LogP contribution is -2.36. The zero-order valence-electron chi connectivity index (χ0n) is 16.3. The highest BCUT2D eigenvalue weighted by atomic mass is 127. The highest BCUT2D eigenvalue weighted by Gasteiger charge is 2.34. The lowest BCUT2D eigenvalue weighted by Gasteiger charge is -2.27. The molecule has 0 bridgehead atoms. The first kappa shape index (κ1) is 19.2. The number of nitrogens with one attached hydrogen (secondary N) is 1. The quantitative estimate of drug-likeness (QED) is 0.456. The maximum atomic E-state index is 12.6. The zero-order valence-corrected chi connectivity index (χ0v) is 18.5. The highest BCUT2D eigenvalue weighted by Crippen LogP contribution is 2.33. The minimum Gasteiger partial charge on any atom is -0.444 e. The molecule has 4 rings (SSSR count). The number of likely N-dealkylation sites (tertiary alicyclic amines) is 1. The molecule has 1 atom stereocenters. The molecule has 6 heteroatoms. The predicted molar refractivity (Wildman–Crippen MR) is 119 cm³/mol. The molecule has 0 radical (unpaired) electrons. The van der Waals surface area contributed by atoms with Crippen molar-refractivity contribution in [3.63, 3.8) is 0 Å². The standard InChI is InChI=1S/C22H24IN3O2/c1-22(2,3)28-21(27)26-12-4-5-19(26)20-24-17-11-8-15(13-18(17)25-20)14-6-9-16(23)10-7-14/h6-11,13,19H,4-5,12H2,1-3H3,(H,24,25)/t19-/m0/s1. The molecule has 0 unspecified atom stereocenters. The maximum absolute atomic E-state index is 12.6. The first-order chi connectivity index (χ1) is 13.3. The summed E-state index contributed by atoms with van der Waals surface area (Å²) in [7, 11) is 0. The molecule has 5 nitrogen and oxygen atoms in total. The Balaban J connectivity index is 1.62. The first-order valence-electron chi connectivity index (χ1n) is 9.55. The van der Waals surface area contributed by atoms with Crippen molar-refractivity contribution in [1.29, 1.82) is 0 Å². The van der Waals surface area contributed by atoms with Gasteiger partial charge in [0.25, 0.3) is 0 Å². The van der Waals surface area contributed by atoms with Crippen LogP contribution >= 0.6 is 22.6 Å². The Kier molecular flexibility index (Phi) is 5.07. The van der Waals surface area contributed by atoms with E-state index in [0.29, 0.717) is 6.54 Å². The number of carbonyl (C=O) groups excluding carboxylic acids is 1. The number of benzene rings is 2. The van der Waals surface area contributed by atoms with Gasteiger partial charge in [-0.05, 0) is 91.6 Å². The molecule has 28 heavy (non-hydrogen) atoms. The molecule has 2 aromatic carbocycles. The van der Waals surface area contributed by atoms with E-state index in [-0.39, 0.29) is 12.1 Å². The van der Waals surface area contributed by atoms with Gasteiger partial charge in [0.15, 0.2) is 0 Å². The van der Waals surface area contributed by atoms with Crippen LogP contribution in [-0.2, 0) is 4.74 Å². The van der Waals surface area contributed by atoms with Crippen molar-refractivity contribution in [2.45, 2.75) is 45.3 Å². The maximum Gasteiger partial charge on any atom is 0.410 e. The Morgan fingerprint density at radius 1 is 1.18 bits per heavy atom. The largest absolute Gasteiger partial charge is 0.444 e. The molecule has 1 saturated heterocycles. The number of aromatic amines is 1. The van der Waals surface area contributed by atoms with Gasteiger partial charge in [-0.1, -0.05) is 18.2 Å². The molecule has 1 fully saturated rings. The number of imidazole rings is 1. The average Bonchev–Trinajstić information content (AvgIpc) is 3.27. The van der Waals surface area contributed by atoms with Crippen LogP contribution in [0.4, 0.5) is 4.79 Å². The smallest absolute Gasteiger partial charge is 0.410 e. The Labute approximate surface area is 178 Å². The summed E-state index contributed by atoms with van der Waals surface area (Å²) < 4.78 is 6.80. The molecule has 146 valence electrons. The third kappa shape index (κ3) is 4.01. The molecule has 1 N–H and O–H groups in total. The van der Waals surface area contributed by atoms with Crippen LogP contribution in [0.1, 0.15) is 45.5 Å². The van der Waals surface area contributed by atoms with Gasteiger partial charge in [0.2, 0.25) is 0 Å². The van der Waals surface area contributed by atoms with Crippen LogP contribution in [0.2, 0.25) is 0 Å². The zero-order chi connectivity index (χ0) is 19.9. The summed E-state index contributed by atoms with van der Waals surface area (Å²) in [5.74, 6) is 0.832. The van der Waals surface area contributed by atoms with Crippen LogP contribution in [0.5, 0.6) is 0 Å². The van der Waals surface area contributed by atoms with Crippen molar-refractivity contribution in [3.05, 3.63) is 51.9 Å². The van der Waals surface area contributed by atoms with E-state index >= 15 is 0 Å². The van der Waals surface area contributed by atoms with Crippen molar-refractivity contribution in [1.82, 2.24) is 14.9 Å². The van der Waals surface area contributed by atoms with Gasteiger partial charge in [0.1, 0.15) is 11.4 Å². The van der Waals surface area contributed by atoms with Crippen LogP contribution in [0.25, 0.3) is 22.2 Å². The van der Waals surface area contributed by atoms with Crippen molar-refractivity contribution < 1.29 is 9.53 Å². The minimum atomic E-state index is -0.500. The SMILES string of the molecule is CC(C)(C)OC(=O)N1CCC[C@H]1c1nc2ccc(-c3ccc(I)cc3)cc2[nH]1. The third-order valence-electron chi connectivity index (χ3n) is 4.87. The minimum absolute atomic E-state index is 0.0657. The number of aromatic nitrogens is 2. The van der Waals surface area contributed by atoms with Gasteiger partial charge in [0.05, 0.1) is 17.1 Å². The molecule has 0 spiro atoms. The summed E-state index contributed by atoms with van der Waals surface area (Å²) in [5, 5.41) is 0. The van der Waals surface area contributed by atoms with Crippen LogP contribution in [0, 0.1) is 3.57 Å². The molecule has 1 amide bonds. The molecule has 3 aromatic rings. The van der Waals surface area contributed by atoms with Crippen molar-refractivity contribution >= 4 is 39.7 Å². The Morgan fingerprint density at radius 3 is 2.61 bits per heavy atom. The van der Waals surface area contributed by atoms with E-state index in [1.54, 1.807) is 4.90 Å². The predicted octanol–water partition coefficient (Wildman–Crippen LogP) is 5.91. The second-order valence-electron chi connectivity index (χ2n) is 8.19. The summed E-state index contributed by atoms with van der Waals surface area (Å²) >= 11 is 2.31. The number of hydrogen-bond acceptors (Lipinski definition) is 3. The van der Waals surface area contributed by atoms with Gasteiger partial charge in [-0.15, -0.1) is 0 Å². The number of carbonyl (C=O) groups is 1. The van der Waals surface area contributed by atoms with Crippen LogP contribution in [0.15, 0.2) is 42.5 Å². The van der Waals surface area contributed by atoms with E-state index in [2.05, 4.69) is 64.0 Å². The lowest BCUT2D eigenvalue weighted by molar-refractivity contribution is 0.0219. The number of amides is 1. The Morgan fingerprint density at radius 2 is 1.89 bits per heavy atom. The fraction of sp³-hybridized carbons (Fsp3) is 0.364. The number of H-pyrrole nitrogens is 1. The van der Waals surface area contributed by atoms with Crippen LogP contribution in [-0.4, -0.2) is 33.1 Å². The van der Waals surface area contributed by atoms with E-state index in [1.165, 1.54) is 9.13 Å². The van der Waals surface area contributed by atoms with Gasteiger partial charge in [0, 0.05) is 10.1 Å². The molecule has 1 aromatic heterocycles. The first-order valence-corrected chi connectivity index (χ1v) is 10.6. The fourth-order valence-corrected chi connectivity index (χ4v) is 3.96. The van der Waals surface area contributed by atoms with Gasteiger partial charge >= 0.3 is 6.09 Å². The summed E-state index contributed by atoms with van der Waals surface area (Å²) in [6.45, 7) is 6.38. The molecule has 0 aliphatic carbocycles. The fourth-order valence-electron chi connectivity index (χ4n) is 3.60. The second-order valence-corrected chi connectivity index (χ2v) is 9.44. The highest BCUT2D eigenvalue weighted by molar-refractivity contribution is 14.1. The van der Waals surface area contributed by atoms with Gasteiger partial charge in [-0.25, -0.2) is 9.78 Å². The summed E-state index contributed by atoms with van der Waals surface area (Å²) in [6, 6.07) is 14.7. The Hall–Kier alpha value is -2.09. The van der Waals surface area contributed by atoms with Gasteiger partial charge < -0.3 is 9.72 Å². The third-order valence-corrected chi connectivity index (χ3v) is 5.59. The normalized spacial score (nSPS) is 17.3. The van der Waals surface area contributed by atoms with E-state index in [1.807, 2.05) is 26.8 Å². The molecule has 2 heterocycles. The van der Waals surface area contributed by atoms with Gasteiger partial charge in [-0.3, -0.25) is 4.90 Å². The molecule has 1 aliphatic heterocycles. The van der Waals surface area contributed by atoms with Crippen LogP contribution < -0.4 is 0 Å². The second kappa shape index (κ2) is 7.39. The molecular weight excluding hydrogens is 465 g/mol. The number of ether oxygens (including phenoxy) is 1. The number of rotatable bonds is 2. The van der Waals surface area contributed by atoms with E-state index in [4.69, 9.17) is 9.72 Å². The number of nitrogens with zero attached hydrogens (tertiary/aromatic N) is 2. The number of hydrogen-bond donors (Lipinski definition) is 1. The number of fused-ring (bicyclic) bond motifs is 1. The Bertz CT molecular complexity index is 1000. The van der Waals surface area contributed by atoms with Crippen molar-refractivity contribution in [2.24, 2.45) is 0 Å². The van der Waals surface area contributed by atoms with Crippen LogP contribution in [0.3, 0.4) is 0 Å². The van der Waals surface area contributed by atoms with E-state index in [0.717, 1.165) is 35.3 Å².